The molecule has 1 aromatic heterocycles. The molecule has 1 heterocycles. The van der Waals surface area contributed by atoms with Crippen molar-refractivity contribution in [1.29, 1.82) is 0 Å². The molecule has 0 bridgehead atoms. The van der Waals surface area contributed by atoms with Crippen molar-refractivity contribution in [3.63, 3.8) is 0 Å². The van der Waals surface area contributed by atoms with Crippen LogP contribution in [0.25, 0.3) is 0 Å². The van der Waals surface area contributed by atoms with E-state index < -0.39 is 0 Å². The fourth-order valence-electron chi connectivity index (χ4n) is 1.50. The molecule has 0 saturated heterocycles. The number of aromatic nitrogens is 2. The van der Waals surface area contributed by atoms with Crippen molar-refractivity contribution in [2.75, 3.05) is 0 Å². The van der Waals surface area contributed by atoms with Gasteiger partial charge in [-0.15, -0.1) is 10.2 Å². The van der Waals surface area contributed by atoms with E-state index in [4.69, 9.17) is 4.42 Å². The zero-order valence-electron chi connectivity index (χ0n) is 10.5. The zero-order chi connectivity index (χ0) is 13.0. The second-order valence-electron chi connectivity index (χ2n) is 4.43. The largest absolute Gasteiger partial charge is 0.424 e. The second kappa shape index (κ2) is 6.11. The summed E-state index contributed by atoms with van der Waals surface area (Å²) in [5.41, 5.74) is 1.16. The molecule has 0 aliphatic heterocycles. The summed E-state index contributed by atoms with van der Waals surface area (Å²) in [6, 6.07) is 8.51. The van der Waals surface area contributed by atoms with Crippen molar-refractivity contribution in [3.05, 3.63) is 46.1 Å². The van der Waals surface area contributed by atoms with E-state index in [9.17, 15) is 0 Å². The smallest absolute Gasteiger partial charge is 0.230 e. The van der Waals surface area contributed by atoms with Gasteiger partial charge in [-0.1, -0.05) is 41.9 Å². The van der Waals surface area contributed by atoms with Crippen LogP contribution in [0.4, 0.5) is 0 Å². The van der Waals surface area contributed by atoms with Crippen LogP contribution in [0, 0.1) is 0 Å². The molecule has 0 aliphatic carbocycles. The van der Waals surface area contributed by atoms with Crippen LogP contribution in [-0.2, 0) is 13.0 Å². The number of nitrogens with one attached hydrogen (secondary N) is 1. The lowest BCUT2D eigenvalue weighted by Crippen LogP contribution is -2.21. The molecule has 5 heteroatoms. The predicted molar refractivity (Wildman–Crippen MR) is 73.2 cm³/mol. The first-order valence-electron chi connectivity index (χ1n) is 5.92. The third-order valence-corrected chi connectivity index (χ3v) is 2.97. The summed E-state index contributed by atoms with van der Waals surface area (Å²) in [4.78, 5) is 0. The molecule has 0 unspecified atom stereocenters. The quantitative estimate of drug-likeness (QED) is 0.922. The summed E-state index contributed by atoms with van der Waals surface area (Å²) in [6.07, 6.45) is 0.669. The van der Waals surface area contributed by atoms with Crippen LogP contribution in [0.1, 0.15) is 31.2 Å². The van der Waals surface area contributed by atoms with Gasteiger partial charge in [-0.2, -0.15) is 0 Å². The molecule has 0 atom stereocenters. The number of hydrogen-bond acceptors (Lipinski definition) is 4. The highest BCUT2D eigenvalue weighted by atomic mass is 79.9. The Morgan fingerprint density at radius 1 is 1.17 bits per heavy atom. The first-order valence-corrected chi connectivity index (χ1v) is 6.72. The molecule has 0 saturated carbocycles. The molecule has 1 aromatic carbocycles. The van der Waals surface area contributed by atoms with Crippen molar-refractivity contribution >= 4 is 15.9 Å². The first kappa shape index (κ1) is 13.2. The van der Waals surface area contributed by atoms with E-state index in [1.807, 2.05) is 24.3 Å². The molecule has 0 spiro atoms. The minimum Gasteiger partial charge on any atom is -0.424 e. The van der Waals surface area contributed by atoms with E-state index in [1.54, 1.807) is 0 Å². The van der Waals surface area contributed by atoms with Gasteiger partial charge in [0.05, 0.1) is 13.0 Å². The minimum absolute atomic E-state index is 0.409. The molecule has 2 rings (SSSR count). The second-order valence-corrected chi connectivity index (χ2v) is 5.34. The van der Waals surface area contributed by atoms with Crippen LogP contribution in [0.3, 0.4) is 0 Å². The normalized spacial score (nSPS) is 11.1. The number of benzene rings is 1. The Hall–Kier alpha value is -1.20. The van der Waals surface area contributed by atoms with Crippen LogP contribution >= 0.6 is 15.9 Å². The summed E-state index contributed by atoms with van der Waals surface area (Å²) in [6.45, 7) is 4.78. The summed E-state index contributed by atoms with van der Waals surface area (Å²) in [7, 11) is 0. The Labute approximate surface area is 115 Å². The van der Waals surface area contributed by atoms with Gasteiger partial charge in [-0.05, 0) is 17.7 Å². The first-order chi connectivity index (χ1) is 8.63. The average Bonchev–Trinajstić information content (AvgIpc) is 2.77. The molecule has 0 aliphatic rings. The average molecular weight is 310 g/mol. The third-order valence-electron chi connectivity index (χ3n) is 2.44. The van der Waals surface area contributed by atoms with Gasteiger partial charge < -0.3 is 9.73 Å². The van der Waals surface area contributed by atoms with E-state index in [-0.39, 0.29) is 0 Å². The molecule has 96 valence electrons. The van der Waals surface area contributed by atoms with E-state index in [2.05, 4.69) is 45.3 Å². The molecule has 0 radical (unpaired) electrons. The van der Waals surface area contributed by atoms with Crippen LogP contribution in [-0.4, -0.2) is 16.2 Å². The Bertz CT molecular complexity index is 493. The zero-order valence-corrected chi connectivity index (χ0v) is 12.1. The molecule has 2 aromatic rings. The van der Waals surface area contributed by atoms with Crippen molar-refractivity contribution in [1.82, 2.24) is 15.5 Å². The minimum atomic E-state index is 0.409. The highest BCUT2D eigenvalue weighted by Gasteiger charge is 2.07. The number of nitrogens with zero attached hydrogens (tertiary/aromatic N) is 2. The van der Waals surface area contributed by atoms with E-state index in [1.165, 1.54) is 0 Å². The van der Waals surface area contributed by atoms with Crippen molar-refractivity contribution in [2.24, 2.45) is 0 Å². The van der Waals surface area contributed by atoms with Gasteiger partial charge >= 0.3 is 0 Å². The molecule has 0 amide bonds. The van der Waals surface area contributed by atoms with Gasteiger partial charge in [0.1, 0.15) is 0 Å². The van der Waals surface area contributed by atoms with Gasteiger partial charge in [0.25, 0.3) is 0 Å². The standard InChI is InChI=1S/C13H16BrN3O/c1-9(2)15-8-13-17-16-12(18-13)7-10-3-5-11(14)6-4-10/h3-6,9,15H,7-8H2,1-2H3. The van der Waals surface area contributed by atoms with E-state index >= 15 is 0 Å². The van der Waals surface area contributed by atoms with Gasteiger partial charge in [0.15, 0.2) is 0 Å². The van der Waals surface area contributed by atoms with Gasteiger partial charge in [-0.3, -0.25) is 0 Å². The number of hydrogen-bond donors (Lipinski definition) is 1. The topological polar surface area (TPSA) is 51.0 Å². The summed E-state index contributed by atoms with van der Waals surface area (Å²) >= 11 is 3.41. The fraction of sp³-hybridized carbons (Fsp3) is 0.385. The maximum atomic E-state index is 5.57. The Kier molecular flexibility index (Phi) is 4.49. The van der Waals surface area contributed by atoms with Gasteiger partial charge in [0, 0.05) is 10.5 Å². The maximum Gasteiger partial charge on any atom is 0.230 e. The highest BCUT2D eigenvalue weighted by Crippen LogP contribution is 2.13. The molecule has 18 heavy (non-hydrogen) atoms. The van der Waals surface area contributed by atoms with Crippen molar-refractivity contribution in [2.45, 2.75) is 32.9 Å². The summed E-state index contributed by atoms with van der Waals surface area (Å²) < 4.78 is 6.64. The Morgan fingerprint density at radius 3 is 2.50 bits per heavy atom. The number of rotatable bonds is 5. The fourth-order valence-corrected chi connectivity index (χ4v) is 1.76. The molecule has 0 fully saturated rings. The Balaban J connectivity index is 1.95. The van der Waals surface area contributed by atoms with E-state index in [0.29, 0.717) is 30.8 Å². The molecular formula is C13H16BrN3O. The lowest BCUT2D eigenvalue weighted by atomic mass is 10.1. The molecular weight excluding hydrogens is 294 g/mol. The summed E-state index contributed by atoms with van der Waals surface area (Å²) in [5.74, 6) is 1.29. The molecule has 4 nitrogen and oxygen atoms in total. The summed E-state index contributed by atoms with van der Waals surface area (Å²) in [5, 5.41) is 11.3. The third kappa shape index (κ3) is 3.92. The van der Waals surface area contributed by atoms with Crippen LogP contribution < -0.4 is 5.32 Å². The highest BCUT2D eigenvalue weighted by molar-refractivity contribution is 9.10. The Morgan fingerprint density at radius 2 is 1.83 bits per heavy atom. The molecule has 1 N–H and O–H groups in total. The van der Waals surface area contributed by atoms with Gasteiger partial charge in [0.2, 0.25) is 11.8 Å². The van der Waals surface area contributed by atoms with Crippen LogP contribution in [0.5, 0.6) is 0 Å². The van der Waals surface area contributed by atoms with Crippen molar-refractivity contribution < 1.29 is 4.42 Å². The monoisotopic (exact) mass is 309 g/mol. The van der Waals surface area contributed by atoms with Crippen LogP contribution in [0.15, 0.2) is 33.2 Å². The lowest BCUT2D eigenvalue weighted by molar-refractivity contribution is 0.427. The van der Waals surface area contributed by atoms with Crippen LogP contribution in [0.2, 0.25) is 0 Å². The lowest BCUT2D eigenvalue weighted by Gasteiger charge is -2.03. The van der Waals surface area contributed by atoms with Crippen molar-refractivity contribution in [3.8, 4) is 0 Å². The predicted octanol–water partition coefficient (Wildman–Crippen LogP) is 2.92. The number of halogens is 1. The maximum absolute atomic E-state index is 5.57. The van der Waals surface area contributed by atoms with Gasteiger partial charge in [-0.25, -0.2) is 0 Å². The SMILES string of the molecule is CC(C)NCc1nnc(Cc2ccc(Br)cc2)o1. The van der Waals surface area contributed by atoms with E-state index in [0.717, 1.165) is 10.0 Å².